The fourth-order valence-electron chi connectivity index (χ4n) is 3.42. The molecule has 5 nitrogen and oxygen atoms in total. The highest BCUT2D eigenvalue weighted by Crippen LogP contribution is 2.39. The van der Waals surface area contributed by atoms with Gasteiger partial charge >= 0.3 is 0 Å². The van der Waals surface area contributed by atoms with Gasteiger partial charge in [-0.15, -0.1) is 0 Å². The van der Waals surface area contributed by atoms with Crippen LogP contribution >= 0.6 is 0 Å². The molecule has 0 aliphatic rings. The van der Waals surface area contributed by atoms with Gasteiger partial charge < -0.3 is 24.7 Å². The smallest absolute Gasteiger partial charge is 0.183 e. The van der Waals surface area contributed by atoms with Gasteiger partial charge in [-0.1, -0.05) is 81.4 Å². The zero-order chi connectivity index (χ0) is 23.7. The van der Waals surface area contributed by atoms with Gasteiger partial charge in [0.1, 0.15) is 6.10 Å². The average molecular weight is 450 g/mol. The van der Waals surface area contributed by atoms with E-state index in [1.54, 1.807) is 7.11 Å². The van der Waals surface area contributed by atoms with Gasteiger partial charge in [-0.2, -0.15) is 0 Å². The molecule has 0 spiro atoms. The van der Waals surface area contributed by atoms with Crippen molar-refractivity contribution in [1.82, 2.24) is 0 Å². The summed E-state index contributed by atoms with van der Waals surface area (Å²) in [5.74, 6) is 1.12. The van der Waals surface area contributed by atoms with Crippen LogP contribution in [-0.4, -0.2) is 26.4 Å². The van der Waals surface area contributed by atoms with Crippen molar-refractivity contribution in [2.45, 2.75) is 45.5 Å². The highest BCUT2D eigenvalue weighted by atomic mass is 16.6. The zero-order valence-electron chi connectivity index (χ0n) is 20.0. The number of anilines is 1. The first kappa shape index (κ1) is 24.6. The van der Waals surface area contributed by atoms with Crippen molar-refractivity contribution < 1.29 is 18.9 Å². The second-order valence-corrected chi connectivity index (χ2v) is 9.09. The topological polar surface area (TPSA) is 62.9 Å². The van der Waals surface area contributed by atoms with Crippen LogP contribution in [-0.2, 0) is 28.1 Å². The predicted octanol–water partition coefficient (Wildman–Crippen LogP) is 5.76. The fraction of sp³-hybridized carbons (Fsp3) is 0.357. The summed E-state index contributed by atoms with van der Waals surface area (Å²) in [5.41, 5.74) is 10.1. The molecular formula is C28H35NO4. The Kier molecular flexibility index (Phi) is 8.75. The summed E-state index contributed by atoms with van der Waals surface area (Å²) in [6.07, 6.45) is -0.332. The summed E-state index contributed by atoms with van der Waals surface area (Å²) < 4.78 is 23.9. The van der Waals surface area contributed by atoms with Crippen LogP contribution < -0.4 is 15.2 Å². The van der Waals surface area contributed by atoms with E-state index >= 15 is 0 Å². The SMILES string of the molecule is COc1c(N)cc(C(C)(C)C)cc1OC(COCc1ccccc1)COCc1ccccc1. The van der Waals surface area contributed by atoms with Crippen LogP contribution in [0.3, 0.4) is 0 Å². The molecule has 5 heteroatoms. The summed E-state index contributed by atoms with van der Waals surface area (Å²) in [7, 11) is 1.60. The number of rotatable bonds is 11. The van der Waals surface area contributed by atoms with E-state index in [0.29, 0.717) is 43.6 Å². The number of hydrogen-bond acceptors (Lipinski definition) is 5. The molecule has 3 aromatic carbocycles. The standard InChI is InChI=1S/C28H35NO4/c1-28(2,3)23-15-25(29)27(30-4)26(16-23)33-24(19-31-17-21-11-7-5-8-12-21)20-32-18-22-13-9-6-10-14-22/h5-16,24H,17-20,29H2,1-4H3. The number of methoxy groups -OCH3 is 1. The third kappa shape index (κ3) is 7.52. The molecule has 0 saturated carbocycles. The van der Waals surface area contributed by atoms with E-state index in [9.17, 15) is 0 Å². The molecule has 0 aromatic heterocycles. The van der Waals surface area contributed by atoms with E-state index in [2.05, 4.69) is 20.8 Å². The lowest BCUT2D eigenvalue weighted by atomic mass is 9.86. The molecule has 176 valence electrons. The van der Waals surface area contributed by atoms with E-state index in [1.165, 1.54) is 0 Å². The summed E-state index contributed by atoms with van der Waals surface area (Å²) in [6, 6.07) is 24.1. The Morgan fingerprint density at radius 3 is 1.76 bits per heavy atom. The molecule has 0 radical (unpaired) electrons. The van der Waals surface area contributed by atoms with Crippen molar-refractivity contribution in [2.75, 3.05) is 26.1 Å². The highest BCUT2D eigenvalue weighted by molar-refractivity contribution is 5.63. The minimum absolute atomic E-state index is 0.0817. The lowest BCUT2D eigenvalue weighted by molar-refractivity contribution is -0.0165. The molecular weight excluding hydrogens is 414 g/mol. The third-order valence-electron chi connectivity index (χ3n) is 5.28. The Hall–Kier alpha value is -3.02. The van der Waals surface area contributed by atoms with Gasteiger partial charge in [-0.05, 0) is 34.2 Å². The zero-order valence-corrected chi connectivity index (χ0v) is 20.0. The van der Waals surface area contributed by atoms with Gasteiger partial charge in [0.05, 0.1) is 39.2 Å². The predicted molar refractivity (Wildman–Crippen MR) is 133 cm³/mol. The number of nitrogen functional groups attached to an aromatic ring is 1. The molecule has 0 aliphatic carbocycles. The molecule has 0 aliphatic heterocycles. The van der Waals surface area contributed by atoms with E-state index in [4.69, 9.17) is 24.7 Å². The molecule has 3 aromatic rings. The van der Waals surface area contributed by atoms with Crippen LogP contribution in [0.5, 0.6) is 11.5 Å². The van der Waals surface area contributed by atoms with Crippen LogP contribution in [0.2, 0.25) is 0 Å². The first-order valence-corrected chi connectivity index (χ1v) is 11.2. The van der Waals surface area contributed by atoms with Gasteiger partial charge in [0.2, 0.25) is 0 Å². The fourth-order valence-corrected chi connectivity index (χ4v) is 3.42. The van der Waals surface area contributed by atoms with Crippen molar-refractivity contribution in [3.63, 3.8) is 0 Å². The maximum atomic E-state index is 6.37. The molecule has 3 rings (SSSR count). The van der Waals surface area contributed by atoms with E-state index in [1.807, 2.05) is 72.8 Å². The van der Waals surface area contributed by atoms with Crippen molar-refractivity contribution in [3.8, 4) is 11.5 Å². The summed E-state index contributed by atoms with van der Waals surface area (Å²) in [6.45, 7) is 8.16. The van der Waals surface area contributed by atoms with Crippen molar-refractivity contribution in [3.05, 3.63) is 89.5 Å². The first-order chi connectivity index (χ1) is 15.9. The van der Waals surface area contributed by atoms with Crippen molar-refractivity contribution in [1.29, 1.82) is 0 Å². The maximum Gasteiger partial charge on any atom is 0.183 e. The molecule has 0 unspecified atom stereocenters. The second-order valence-electron chi connectivity index (χ2n) is 9.09. The summed E-state index contributed by atoms with van der Waals surface area (Å²) in [4.78, 5) is 0. The Balaban J connectivity index is 1.73. The van der Waals surface area contributed by atoms with Gasteiger partial charge in [-0.3, -0.25) is 0 Å². The van der Waals surface area contributed by atoms with Gasteiger partial charge in [-0.25, -0.2) is 0 Å². The second kappa shape index (κ2) is 11.7. The lowest BCUT2D eigenvalue weighted by Crippen LogP contribution is -2.29. The molecule has 33 heavy (non-hydrogen) atoms. The van der Waals surface area contributed by atoms with Crippen LogP contribution in [0.1, 0.15) is 37.5 Å². The number of hydrogen-bond donors (Lipinski definition) is 1. The Bertz CT molecular complexity index is 939. The quantitative estimate of drug-likeness (QED) is 0.377. The normalized spacial score (nSPS) is 11.5. The third-order valence-corrected chi connectivity index (χ3v) is 5.28. The van der Waals surface area contributed by atoms with Gasteiger partial charge in [0, 0.05) is 0 Å². The minimum Gasteiger partial charge on any atom is -0.491 e. The Labute approximate surface area is 197 Å². The van der Waals surface area contributed by atoms with E-state index in [0.717, 1.165) is 16.7 Å². The van der Waals surface area contributed by atoms with Gasteiger partial charge in [0.25, 0.3) is 0 Å². The first-order valence-electron chi connectivity index (χ1n) is 11.2. The highest BCUT2D eigenvalue weighted by Gasteiger charge is 2.22. The van der Waals surface area contributed by atoms with E-state index in [-0.39, 0.29) is 11.5 Å². The Morgan fingerprint density at radius 2 is 1.30 bits per heavy atom. The summed E-state index contributed by atoms with van der Waals surface area (Å²) in [5, 5.41) is 0. The maximum absolute atomic E-state index is 6.37. The molecule has 0 heterocycles. The number of benzene rings is 3. The minimum atomic E-state index is -0.332. The molecule has 0 saturated heterocycles. The Morgan fingerprint density at radius 1 is 0.788 bits per heavy atom. The number of nitrogens with two attached hydrogens (primary N) is 1. The van der Waals surface area contributed by atoms with Crippen molar-refractivity contribution >= 4 is 5.69 Å². The van der Waals surface area contributed by atoms with Crippen LogP contribution in [0, 0.1) is 0 Å². The van der Waals surface area contributed by atoms with Crippen LogP contribution in [0.4, 0.5) is 5.69 Å². The summed E-state index contributed by atoms with van der Waals surface area (Å²) >= 11 is 0. The van der Waals surface area contributed by atoms with E-state index < -0.39 is 0 Å². The monoisotopic (exact) mass is 449 g/mol. The van der Waals surface area contributed by atoms with Crippen LogP contribution in [0.25, 0.3) is 0 Å². The number of ether oxygens (including phenoxy) is 4. The van der Waals surface area contributed by atoms with Crippen molar-refractivity contribution in [2.24, 2.45) is 0 Å². The lowest BCUT2D eigenvalue weighted by Gasteiger charge is -2.25. The molecule has 0 bridgehead atoms. The van der Waals surface area contributed by atoms with Gasteiger partial charge in [0.15, 0.2) is 11.5 Å². The molecule has 2 N–H and O–H groups in total. The average Bonchev–Trinajstić information content (AvgIpc) is 2.79. The molecule has 0 fully saturated rings. The molecule has 0 amide bonds. The largest absolute Gasteiger partial charge is 0.491 e. The molecule has 0 atom stereocenters. The van der Waals surface area contributed by atoms with Crippen LogP contribution in [0.15, 0.2) is 72.8 Å².